The molecular formula is C28H24FN5O9. The lowest BCUT2D eigenvalue weighted by Gasteiger charge is -2.31. The van der Waals surface area contributed by atoms with E-state index in [1.807, 2.05) is 0 Å². The van der Waals surface area contributed by atoms with Crippen LogP contribution in [0.15, 0.2) is 66.7 Å². The molecule has 4 amide bonds. The molecule has 14 nitrogen and oxygen atoms in total. The largest absolute Gasteiger partial charge is 0.481 e. The molecule has 0 bridgehead atoms. The molecule has 3 N–H and O–H groups in total. The lowest BCUT2D eigenvalue weighted by atomic mass is 10.0. The van der Waals surface area contributed by atoms with Crippen molar-refractivity contribution in [1.29, 1.82) is 0 Å². The maximum absolute atomic E-state index is 13.8. The fourth-order valence-corrected chi connectivity index (χ4v) is 4.82. The van der Waals surface area contributed by atoms with Gasteiger partial charge in [0.1, 0.15) is 5.82 Å². The number of carboxylic acid groups (broad SMARTS) is 1. The van der Waals surface area contributed by atoms with Crippen molar-refractivity contribution < 1.29 is 43.1 Å². The fraction of sp³-hybridized carbons (Fsp3) is 0.214. The Balaban J connectivity index is 1.46. The van der Waals surface area contributed by atoms with Gasteiger partial charge in [0.25, 0.3) is 17.5 Å². The molecule has 3 aromatic carbocycles. The maximum Gasteiger partial charge on any atom is 0.323 e. The van der Waals surface area contributed by atoms with Crippen molar-refractivity contribution in [2.75, 3.05) is 25.2 Å². The number of nitrogens with one attached hydrogen (secondary N) is 2. The number of carbonyl (C=O) groups excluding carboxylic acids is 3. The standard InChI is InChI=1S/C28H24FN5O9/c29-18-4-2-5-19(13-18)30-28(39)33-10-9-32(27(38)17-7-8-22-23(12-17)43-15-42-22)26(33)25(37)31-21(14-24(35)36)16-3-1-6-20(11-16)34(40)41/h1-8,11-13,21,26H,9-10,14-15H2,(H,30,39)(H,31,37)(H,35,36). The molecule has 2 atom stereocenters. The number of non-ortho nitro benzene ring substituents is 1. The SMILES string of the molecule is O=C(O)CC(NC(=O)C1N(C(=O)Nc2cccc(F)c2)CCN1C(=O)c1ccc2c(c1)OCO2)c1cccc([N+](=O)[O-])c1. The molecule has 43 heavy (non-hydrogen) atoms. The number of hydrogen-bond donors (Lipinski definition) is 3. The zero-order valence-corrected chi connectivity index (χ0v) is 22.3. The Hall–Kier alpha value is -5.73. The van der Waals surface area contributed by atoms with E-state index < -0.39 is 53.2 Å². The number of rotatable bonds is 8. The molecule has 222 valence electrons. The number of carboxylic acids is 1. The molecular weight excluding hydrogens is 569 g/mol. The zero-order chi connectivity index (χ0) is 30.7. The third-order valence-corrected chi connectivity index (χ3v) is 6.80. The van der Waals surface area contributed by atoms with E-state index in [1.165, 1.54) is 54.6 Å². The van der Waals surface area contributed by atoms with Gasteiger partial charge in [-0.15, -0.1) is 0 Å². The summed E-state index contributed by atoms with van der Waals surface area (Å²) in [5.41, 5.74) is 0.0475. The van der Waals surface area contributed by atoms with Crippen LogP contribution in [0.4, 0.5) is 20.6 Å². The molecule has 2 aliphatic heterocycles. The first-order chi connectivity index (χ1) is 20.6. The van der Waals surface area contributed by atoms with Crippen molar-refractivity contribution >= 4 is 35.2 Å². The van der Waals surface area contributed by atoms with Crippen molar-refractivity contribution in [3.63, 3.8) is 0 Å². The molecule has 2 unspecified atom stereocenters. The highest BCUT2D eigenvalue weighted by Gasteiger charge is 2.44. The number of nitro groups is 1. The number of hydrogen-bond acceptors (Lipinski definition) is 8. The number of ether oxygens (including phenoxy) is 2. The van der Waals surface area contributed by atoms with E-state index in [9.17, 15) is 38.8 Å². The Kier molecular flexibility index (Phi) is 8.05. The lowest BCUT2D eigenvalue weighted by molar-refractivity contribution is -0.384. The second-order valence-corrected chi connectivity index (χ2v) is 9.59. The Morgan fingerprint density at radius 2 is 1.74 bits per heavy atom. The number of benzene rings is 3. The van der Waals surface area contributed by atoms with Gasteiger partial charge in [0.05, 0.1) is 17.4 Å². The molecule has 0 aliphatic carbocycles. The van der Waals surface area contributed by atoms with Crippen LogP contribution in [0.3, 0.4) is 0 Å². The van der Waals surface area contributed by atoms with Gasteiger partial charge >= 0.3 is 12.0 Å². The monoisotopic (exact) mass is 593 g/mol. The lowest BCUT2D eigenvalue weighted by Crippen LogP contribution is -2.55. The Labute approximate surface area is 242 Å². The van der Waals surface area contributed by atoms with E-state index >= 15 is 0 Å². The molecule has 5 rings (SSSR count). The fourth-order valence-electron chi connectivity index (χ4n) is 4.82. The van der Waals surface area contributed by atoms with E-state index in [-0.39, 0.29) is 42.4 Å². The van der Waals surface area contributed by atoms with E-state index in [1.54, 1.807) is 0 Å². The van der Waals surface area contributed by atoms with Crippen molar-refractivity contribution in [3.8, 4) is 11.5 Å². The molecule has 15 heteroatoms. The summed E-state index contributed by atoms with van der Waals surface area (Å²) in [6.07, 6.45) is -2.22. The molecule has 0 saturated carbocycles. The Morgan fingerprint density at radius 3 is 2.49 bits per heavy atom. The van der Waals surface area contributed by atoms with Crippen molar-refractivity contribution in [3.05, 3.63) is 93.8 Å². The minimum absolute atomic E-state index is 0.0294. The van der Waals surface area contributed by atoms with Crippen LogP contribution in [-0.2, 0) is 9.59 Å². The maximum atomic E-state index is 13.8. The highest BCUT2D eigenvalue weighted by Crippen LogP contribution is 2.33. The quantitative estimate of drug-likeness (QED) is 0.261. The first-order valence-electron chi connectivity index (χ1n) is 12.9. The molecule has 0 aromatic heterocycles. The number of urea groups is 1. The normalized spacial score (nSPS) is 16.0. The number of anilines is 1. The average Bonchev–Trinajstić information content (AvgIpc) is 3.63. The summed E-state index contributed by atoms with van der Waals surface area (Å²) in [5, 5.41) is 25.9. The summed E-state index contributed by atoms with van der Waals surface area (Å²) in [5.74, 6) is -2.72. The van der Waals surface area contributed by atoms with Gasteiger partial charge in [-0.25, -0.2) is 9.18 Å². The molecule has 0 radical (unpaired) electrons. The minimum Gasteiger partial charge on any atom is -0.481 e. The zero-order valence-electron chi connectivity index (χ0n) is 22.3. The van der Waals surface area contributed by atoms with Crippen LogP contribution in [0.1, 0.15) is 28.4 Å². The van der Waals surface area contributed by atoms with E-state index in [4.69, 9.17) is 9.47 Å². The van der Waals surface area contributed by atoms with Crippen LogP contribution in [0.5, 0.6) is 11.5 Å². The Bertz CT molecular complexity index is 1620. The second kappa shape index (κ2) is 12.0. The van der Waals surface area contributed by atoms with Crippen LogP contribution in [0, 0.1) is 15.9 Å². The number of carbonyl (C=O) groups is 4. The van der Waals surface area contributed by atoms with Crippen LogP contribution in [-0.4, -0.2) is 69.7 Å². The topological polar surface area (TPSA) is 181 Å². The molecule has 1 fully saturated rings. The van der Waals surface area contributed by atoms with Crippen molar-refractivity contribution in [2.24, 2.45) is 0 Å². The highest BCUT2D eigenvalue weighted by molar-refractivity contribution is 6.01. The summed E-state index contributed by atoms with van der Waals surface area (Å²) < 4.78 is 24.4. The third kappa shape index (κ3) is 6.29. The van der Waals surface area contributed by atoms with E-state index in [0.717, 1.165) is 21.9 Å². The van der Waals surface area contributed by atoms with Crippen LogP contribution in [0.2, 0.25) is 0 Å². The number of nitro benzene ring substituents is 1. The summed E-state index contributed by atoms with van der Waals surface area (Å²) in [6, 6.07) is 12.5. The van der Waals surface area contributed by atoms with Crippen molar-refractivity contribution in [1.82, 2.24) is 15.1 Å². The highest BCUT2D eigenvalue weighted by atomic mass is 19.1. The van der Waals surface area contributed by atoms with Gasteiger partial charge in [0.15, 0.2) is 17.7 Å². The third-order valence-electron chi connectivity index (χ3n) is 6.80. The first-order valence-corrected chi connectivity index (χ1v) is 12.9. The number of nitrogens with zero attached hydrogens (tertiary/aromatic N) is 3. The van der Waals surface area contributed by atoms with E-state index in [2.05, 4.69) is 10.6 Å². The van der Waals surface area contributed by atoms with E-state index in [0.29, 0.717) is 11.5 Å². The summed E-state index contributed by atoms with van der Waals surface area (Å²) in [7, 11) is 0. The summed E-state index contributed by atoms with van der Waals surface area (Å²) in [4.78, 5) is 65.3. The van der Waals surface area contributed by atoms with Gasteiger partial charge in [0.2, 0.25) is 6.79 Å². The average molecular weight is 594 g/mol. The molecule has 1 saturated heterocycles. The van der Waals surface area contributed by atoms with Crippen LogP contribution >= 0.6 is 0 Å². The van der Waals surface area contributed by atoms with Crippen molar-refractivity contribution in [2.45, 2.75) is 18.6 Å². The number of fused-ring (bicyclic) bond motifs is 1. The van der Waals surface area contributed by atoms with Gasteiger partial charge in [-0.1, -0.05) is 18.2 Å². The number of aliphatic carboxylic acids is 1. The number of halogens is 1. The van der Waals surface area contributed by atoms with Gasteiger partial charge < -0.3 is 30.1 Å². The molecule has 2 aliphatic rings. The van der Waals surface area contributed by atoms with Crippen LogP contribution < -0.4 is 20.1 Å². The summed E-state index contributed by atoms with van der Waals surface area (Å²) >= 11 is 0. The van der Waals surface area contributed by atoms with Gasteiger partial charge in [-0.2, -0.15) is 0 Å². The first kappa shape index (κ1) is 28.8. The van der Waals surface area contributed by atoms with Gasteiger partial charge in [-0.3, -0.25) is 29.4 Å². The minimum atomic E-state index is -1.57. The summed E-state index contributed by atoms with van der Waals surface area (Å²) in [6.45, 7) is -0.212. The van der Waals surface area contributed by atoms with Gasteiger partial charge in [-0.05, 0) is 42.0 Å². The Morgan fingerprint density at radius 1 is 1.00 bits per heavy atom. The molecule has 3 aromatic rings. The predicted molar refractivity (Wildman–Crippen MR) is 146 cm³/mol. The molecule has 2 heterocycles. The second-order valence-electron chi connectivity index (χ2n) is 9.59. The van der Waals surface area contributed by atoms with Gasteiger partial charge in [0, 0.05) is 36.5 Å². The number of amides is 4. The smallest absolute Gasteiger partial charge is 0.323 e. The van der Waals surface area contributed by atoms with Crippen LogP contribution in [0.25, 0.3) is 0 Å². The molecule has 0 spiro atoms. The predicted octanol–water partition coefficient (Wildman–Crippen LogP) is 3.11.